The van der Waals surface area contributed by atoms with Crippen LogP contribution in [0.1, 0.15) is 39.0 Å². The summed E-state index contributed by atoms with van der Waals surface area (Å²) in [7, 11) is 0. The van der Waals surface area contributed by atoms with Crippen molar-refractivity contribution in [3.8, 4) is 0 Å². The Bertz CT molecular complexity index is 472. The molecule has 0 bridgehead atoms. The fourth-order valence-corrected chi connectivity index (χ4v) is 2.74. The number of hydrogen-bond donors (Lipinski definition) is 2. The lowest BCUT2D eigenvalue weighted by Crippen LogP contribution is -2.22. The van der Waals surface area contributed by atoms with Crippen molar-refractivity contribution in [2.24, 2.45) is 11.8 Å². The van der Waals surface area contributed by atoms with E-state index in [1.54, 1.807) is 0 Å². The first-order valence-corrected chi connectivity index (χ1v) is 7.11. The van der Waals surface area contributed by atoms with Gasteiger partial charge in [-0.2, -0.15) is 4.98 Å². The third-order valence-electron chi connectivity index (χ3n) is 4.09. The summed E-state index contributed by atoms with van der Waals surface area (Å²) in [6.07, 6.45) is 7.22. The van der Waals surface area contributed by atoms with Gasteiger partial charge < -0.3 is 11.1 Å². The summed E-state index contributed by atoms with van der Waals surface area (Å²) in [5.41, 5.74) is 5.36. The Morgan fingerprint density at radius 2 is 2.05 bits per heavy atom. The standard InChI is InChI=1S/C13H21N5O2/c1-2-9-3-5-10(6-4-9)7-15-12-11(18(19)20)8-16-13(14)17-12/h8-10H,2-7H2,1H3,(H3,14,15,16,17). The molecule has 0 spiro atoms. The van der Waals surface area contributed by atoms with Crippen molar-refractivity contribution in [3.63, 3.8) is 0 Å². The van der Waals surface area contributed by atoms with Crippen LogP contribution >= 0.6 is 0 Å². The highest BCUT2D eigenvalue weighted by Gasteiger charge is 2.22. The van der Waals surface area contributed by atoms with Gasteiger partial charge in [0.25, 0.3) is 0 Å². The maximum Gasteiger partial charge on any atom is 0.329 e. The molecule has 1 aliphatic carbocycles. The summed E-state index contributed by atoms with van der Waals surface area (Å²) in [4.78, 5) is 18.0. The van der Waals surface area contributed by atoms with Crippen molar-refractivity contribution in [1.82, 2.24) is 9.97 Å². The molecular weight excluding hydrogens is 258 g/mol. The summed E-state index contributed by atoms with van der Waals surface area (Å²) < 4.78 is 0. The van der Waals surface area contributed by atoms with Gasteiger partial charge in [-0.25, -0.2) is 4.98 Å². The third-order valence-corrected chi connectivity index (χ3v) is 4.09. The zero-order chi connectivity index (χ0) is 14.5. The van der Waals surface area contributed by atoms with Crippen LogP contribution in [-0.2, 0) is 0 Å². The summed E-state index contributed by atoms with van der Waals surface area (Å²) in [5, 5.41) is 14.0. The molecule has 0 aromatic carbocycles. The summed E-state index contributed by atoms with van der Waals surface area (Å²) >= 11 is 0. The molecule has 0 radical (unpaired) electrons. The van der Waals surface area contributed by atoms with Gasteiger partial charge in [-0.05, 0) is 24.7 Å². The molecule has 0 aliphatic heterocycles. The van der Waals surface area contributed by atoms with Crippen molar-refractivity contribution >= 4 is 17.5 Å². The number of nitrogens with zero attached hydrogens (tertiary/aromatic N) is 3. The quantitative estimate of drug-likeness (QED) is 0.633. The van der Waals surface area contributed by atoms with Crippen molar-refractivity contribution in [2.75, 3.05) is 17.6 Å². The normalized spacial score (nSPS) is 22.4. The molecule has 7 heteroatoms. The Kier molecular flexibility index (Phi) is 4.70. The number of nitrogens with two attached hydrogens (primary N) is 1. The number of rotatable bonds is 5. The van der Waals surface area contributed by atoms with Crippen LogP contribution in [0, 0.1) is 22.0 Å². The van der Waals surface area contributed by atoms with Gasteiger partial charge in [0.2, 0.25) is 11.8 Å². The molecule has 20 heavy (non-hydrogen) atoms. The average molecular weight is 279 g/mol. The molecule has 1 heterocycles. The first kappa shape index (κ1) is 14.5. The van der Waals surface area contributed by atoms with Gasteiger partial charge in [-0.3, -0.25) is 10.1 Å². The van der Waals surface area contributed by atoms with Crippen molar-refractivity contribution in [3.05, 3.63) is 16.3 Å². The van der Waals surface area contributed by atoms with E-state index >= 15 is 0 Å². The van der Waals surface area contributed by atoms with Crippen LogP contribution in [0.3, 0.4) is 0 Å². The predicted molar refractivity (Wildman–Crippen MR) is 77.3 cm³/mol. The van der Waals surface area contributed by atoms with Gasteiger partial charge in [0.15, 0.2) is 0 Å². The number of nitrogen functional groups attached to an aromatic ring is 1. The lowest BCUT2D eigenvalue weighted by atomic mass is 9.81. The predicted octanol–water partition coefficient (Wildman–Crippen LogP) is 2.60. The maximum absolute atomic E-state index is 10.9. The molecule has 1 aliphatic rings. The van der Waals surface area contributed by atoms with Crippen molar-refractivity contribution in [1.29, 1.82) is 0 Å². The van der Waals surface area contributed by atoms with Crippen LogP contribution in [0.4, 0.5) is 17.5 Å². The second-order valence-electron chi connectivity index (χ2n) is 5.40. The summed E-state index contributed by atoms with van der Waals surface area (Å²) in [6, 6.07) is 0. The van der Waals surface area contributed by atoms with Gasteiger partial charge in [0.05, 0.1) is 4.92 Å². The Hall–Kier alpha value is -1.92. The zero-order valence-corrected chi connectivity index (χ0v) is 11.7. The fraction of sp³-hybridized carbons (Fsp3) is 0.692. The number of aromatic nitrogens is 2. The highest BCUT2D eigenvalue weighted by Crippen LogP contribution is 2.31. The zero-order valence-electron chi connectivity index (χ0n) is 11.7. The van der Waals surface area contributed by atoms with Gasteiger partial charge in [-0.1, -0.05) is 26.2 Å². The number of nitrogens with one attached hydrogen (secondary N) is 1. The van der Waals surface area contributed by atoms with Crippen molar-refractivity contribution in [2.45, 2.75) is 39.0 Å². The molecule has 1 aromatic heterocycles. The van der Waals surface area contributed by atoms with E-state index in [-0.39, 0.29) is 17.5 Å². The van der Waals surface area contributed by atoms with Crippen LogP contribution in [0.2, 0.25) is 0 Å². The molecule has 1 saturated carbocycles. The molecule has 0 saturated heterocycles. The lowest BCUT2D eigenvalue weighted by Gasteiger charge is -2.27. The van der Waals surface area contributed by atoms with E-state index in [0.29, 0.717) is 12.5 Å². The smallest absolute Gasteiger partial charge is 0.329 e. The second kappa shape index (κ2) is 6.49. The number of hydrogen-bond acceptors (Lipinski definition) is 6. The topological polar surface area (TPSA) is 107 Å². The first-order chi connectivity index (χ1) is 9.60. The summed E-state index contributed by atoms with van der Waals surface area (Å²) in [6.45, 7) is 2.93. The van der Waals surface area contributed by atoms with Gasteiger partial charge in [-0.15, -0.1) is 0 Å². The SMILES string of the molecule is CCC1CCC(CNc2nc(N)ncc2[N+](=O)[O-])CC1. The molecule has 0 amide bonds. The molecule has 2 rings (SSSR count). The minimum absolute atomic E-state index is 0.0489. The van der Waals surface area contributed by atoms with Gasteiger partial charge >= 0.3 is 5.69 Å². The number of nitro groups is 1. The highest BCUT2D eigenvalue weighted by atomic mass is 16.6. The van der Waals surface area contributed by atoms with E-state index in [4.69, 9.17) is 5.73 Å². The minimum Gasteiger partial charge on any atom is -0.368 e. The molecule has 110 valence electrons. The molecule has 0 atom stereocenters. The van der Waals surface area contributed by atoms with Crippen LogP contribution in [0.15, 0.2) is 6.20 Å². The molecule has 1 fully saturated rings. The van der Waals surface area contributed by atoms with Gasteiger partial charge in [0, 0.05) is 6.54 Å². The average Bonchev–Trinajstić information content (AvgIpc) is 2.45. The Balaban J connectivity index is 1.94. The Labute approximate surface area is 118 Å². The van der Waals surface area contributed by atoms with Crippen LogP contribution in [-0.4, -0.2) is 21.4 Å². The van der Waals surface area contributed by atoms with Crippen LogP contribution < -0.4 is 11.1 Å². The van der Waals surface area contributed by atoms with E-state index < -0.39 is 4.92 Å². The van der Waals surface area contributed by atoms with Crippen molar-refractivity contribution < 1.29 is 4.92 Å². The number of anilines is 2. The second-order valence-corrected chi connectivity index (χ2v) is 5.40. The van der Waals surface area contributed by atoms with E-state index in [2.05, 4.69) is 22.2 Å². The highest BCUT2D eigenvalue weighted by molar-refractivity contribution is 5.56. The largest absolute Gasteiger partial charge is 0.368 e. The molecule has 7 nitrogen and oxygen atoms in total. The third kappa shape index (κ3) is 3.55. The fourth-order valence-electron chi connectivity index (χ4n) is 2.74. The molecular formula is C13H21N5O2. The van der Waals surface area contributed by atoms with E-state index in [9.17, 15) is 10.1 Å². The molecule has 0 unspecified atom stereocenters. The van der Waals surface area contributed by atoms with Crippen LogP contribution in [0.25, 0.3) is 0 Å². The first-order valence-electron chi connectivity index (χ1n) is 7.11. The van der Waals surface area contributed by atoms with Crippen LogP contribution in [0.5, 0.6) is 0 Å². The van der Waals surface area contributed by atoms with Gasteiger partial charge in [0.1, 0.15) is 6.20 Å². The summed E-state index contributed by atoms with van der Waals surface area (Å²) in [5.74, 6) is 1.66. The maximum atomic E-state index is 10.9. The Morgan fingerprint density at radius 3 is 2.65 bits per heavy atom. The Morgan fingerprint density at radius 1 is 1.40 bits per heavy atom. The lowest BCUT2D eigenvalue weighted by molar-refractivity contribution is -0.384. The minimum atomic E-state index is -0.490. The molecule has 3 N–H and O–H groups in total. The van der Waals surface area contributed by atoms with E-state index in [0.717, 1.165) is 12.1 Å². The van der Waals surface area contributed by atoms with E-state index in [1.807, 2.05) is 0 Å². The van der Waals surface area contributed by atoms with E-state index in [1.165, 1.54) is 32.1 Å². The monoisotopic (exact) mass is 279 g/mol. The molecule has 1 aromatic rings.